The number of hydrogen-bond donors (Lipinski definition) is 3. The van der Waals surface area contributed by atoms with Gasteiger partial charge in [0.1, 0.15) is 0 Å². The lowest BCUT2D eigenvalue weighted by atomic mass is 10.1. The van der Waals surface area contributed by atoms with Gasteiger partial charge in [-0.15, -0.1) is 0 Å². The first kappa shape index (κ1) is 17.9. The van der Waals surface area contributed by atoms with E-state index in [9.17, 15) is 9.59 Å². The topological polar surface area (TPSA) is 78.4 Å². The van der Waals surface area contributed by atoms with Crippen LogP contribution in [0.3, 0.4) is 0 Å². The summed E-state index contributed by atoms with van der Waals surface area (Å²) >= 11 is 0. The fourth-order valence-electron chi connectivity index (χ4n) is 3.61. The summed E-state index contributed by atoms with van der Waals surface area (Å²) in [6, 6.07) is 7.46. The van der Waals surface area contributed by atoms with Crippen LogP contribution in [0.4, 0.5) is 0 Å². The predicted molar refractivity (Wildman–Crippen MR) is 95.9 cm³/mol. The first-order valence-corrected chi connectivity index (χ1v) is 9.45. The first-order chi connectivity index (χ1) is 12.2. The zero-order valence-corrected chi connectivity index (χ0v) is 14.7. The Morgan fingerprint density at radius 2 is 1.76 bits per heavy atom. The van der Waals surface area contributed by atoms with E-state index in [-0.39, 0.29) is 30.4 Å². The molecule has 2 saturated carbocycles. The number of rotatable bonds is 8. The summed E-state index contributed by atoms with van der Waals surface area (Å²) in [6.07, 6.45) is 7.18. The molecule has 0 heterocycles. The molecule has 25 heavy (non-hydrogen) atoms. The van der Waals surface area contributed by atoms with Crippen LogP contribution < -0.4 is 10.6 Å². The minimum atomic E-state index is -0.0908. The Labute approximate surface area is 149 Å². The summed E-state index contributed by atoms with van der Waals surface area (Å²) in [5, 5.41) is 15.2. The molecule has 5 nitrogen and oxygen atoms in total. The van der Waals surface area contributed by atoms with E-state index in [0.717, 1.165) is 44.1 Å². The molecule has 0 bridgehead atoms. The molecule has 2 aliphatic rings. The third kappa shape index (κ3) is 5.05. The molecule has 0 aliphatic heterocycles. The lowest BCUT2D eigenvalue weighted by Gasteiger charge is -2.17. The maximum atomic E-state index is 12.4. The number of amides is 2. The molecule has 0 spiro atoms. The van der Waals surface area contributed by atoms with Gasteiger partial charge in [-0.3, -0.25) is 9.59 Å². The van der Waals surface area contributed by atoms with E-state index in [2.05, 4.69) is 10.6 Å². The molecule has 3 N–H and O–H groups in total. The van der Waals surface area contributed by atoms with Crippen LogP contribution in [-0.4, -0.2) is 29.6 Å². The number of carbonyl (C=O) groups excluding carboxylic acids is 2. The molecule has 1 aromatic rings. The number of benzene rings is 1. The van der Waals surface area contributed by atoms with Crippen molar-refractivity contribution in [2.45, 2.75) is 57.5 Å². The number of aliphatic hydroxyl groups excluding tert-OH is 1. The predicted octanol–water partition coefficient (Wildman–Crippen LogP) is 2.38. The van der Waals surface area contributed by atoms with Crippen molar-refractivity contribution in [2.24, 2.45) is 11.8 Å². The molecule has 5 heteroatoms. The molecule has 0 radical (unpaired) electrons. The Hall–Kier alpha value is -1.88. The second kappa shape index (κ2) is 8.48. The summed E-state index contributed by atoms with van der Waals surface area (Å²) in [7, 11) is 0. The van der Waals surface area contributed by atoms with E-state index >= 15 is 0 Å². The third-order valence-electron chi connectivity index (χ3n) is 5.36. The van der Waals surface area contributed by atoms with Gasteiger partial charge in [0.05, 0.1) is 0 Å². The molecule has 1 aromatic carbocycles. The molecule has 0 aromatic heterocycles. The van der Waals surface area contributed by atoms with E-state index in [4.69, 9.17) is 5.11 Å². The Morgan fingerprint density at radius 3 is 2.36 bits per heavy atom. The first-order valence-electron chi connectivity index (χ1n) is 9.45. The van der Waals surface area contributed by atoms with Gasteiger partial charge in [-0.05, 0) is 55.7 Å². The van der Waals surface area contributed by atoms with Crippen LogP contribution in [0.2, 0.25) is 0 Å². The van der Waals surface area contributed by atoms with Gasteiger partial charge in [-0.1, -0.05) is 25.0 Å². The fraction of sp³-hybridized carbons (Fsp3) is 0.600. The zero-order chi connectivity index (χ0) is 17.6. The number of hydrogen-bond acceptors (Lipinski definition) is 3. The highest BCUT2D eigenvalue weighted by atomic mass is 16.3. The largest absolute Gasteiger partial charge is 0.396 e. The molecule has 2 amide bonds. The lowest BCUT2D eigenvalue weighted by Crippen LogP contribution is -2.37. The fourth-order valence-corrected chi connectivity index (χ4v) is 3.61. The molecule has 0 saturated heterocycles. The van der Waals surface area contributed by atoms with Crippen molar-refractivity contribution in [3.63, 3.8) is 0 Å². The van der Waals surface area contributed by atoms with Crippen LogP contribution in [0.5, 0.6) is 0 Å². The molecular weight excluding hydrogens is 316 g/mol. The molecular formula is C20H28N2O3. The smallest absolute Gasteiger partial charge is 0.251 e. The van der Waals surface area contributed by atoms with Crippen molar-refractivity contribution in [1.29, 1.82) is 0 Å². The summed E-state index contributed by atoms with van der Waals surface area (Å²) in [6.45, 7) is 0.605. The van der Waals surface area contributed by atoms with Crippen molar-refractivity contribution in [3.05, 3.63) is 35.4 Å². The maximum absolute atomic E-state index is 12.4. The summed E-state index contributed by atoms with van der Waals surface area (Å²) < 4.78 is 0. The van der Waals surface area contributed by atoms with Gasteiger partial charge in [0, 0.05) is 30.7 Å². The summed E-state index contributed by atoms with van der Waals surface area (Å²) in [5.74, 6) is 0.750. The van der Waals surface area contributed by atoms with Gasteiger partial charge in [0.2, 0.25) is 5.91 Å². The molecule has 136 valence electrons. The van der Waals surface area contributed by atoms with Crippen LogP contribution in [0.1, 0.15) is 60.9 Å². The zero-order valence-electron chi connectivity index (χ0n) is 14.7. The Morgan fingerprint density at radius 1 is 1.08 bits per heavy atom. The van der Waals surface area contributed by atoms with E-state index in [1.54, 1.807) is 12.1 Å². The van der Waals surface area contributed by atoms with E-state index in [1.165, 1.54) is 0 Å². The van der Waals surface area contributed by atoms with Gasteiger partial charge in [0.15, 0.2) is 0 Å². The summed E-state index contributed by atoms with van der Waals surface area (Å²) in [4.78, 5) is 24.4. The van der Waals surface area contributed by atoms with Crippen molar-refractivity contribution < 1.29 is 14.7 Å². The Kier molecular flexibility index (Phi) is 6.08. The minimum Gasteiger partial charge on any atom is -0.396 e. The van der Waals surface area contributed by atoms with E-state index < -0.39 is 0 Å². The van der Waals surface area contributed by atoms with Crippen molar-refractivity contribution in [2.75, 3.05) is 6.61 Å². The standard InChI is InChI=1S/C20H28N2O3/c23-12-11-18(15-9-10-15)22-20(25)17-7-5-14(6-8-17)13-21-19(24)16-3-1-2-4-16/h5-8,15-16,18,23H,1-4,9-13H2,(H,21,24)(H,22,25). The molecule has 3 rings (SSSR count). The normalized spacial score (nSPS) is 18.8. The Bertz CT molecular complexity index is 589. The molecule has 1 atom stereocenters. The van der Waals surface area contributed by atoms with Crippen LogP contribution in [0, 0.1) is 11.8 Å². The average molecular weight is 344 g/mol. The average Bonchev–Trinajstić information content (AvgIpc) is 3.33. The van der Waals surface area contributed by atoms with Gasteiger partial charge >= 0.3 is 0 Å². The maximum Gasteiger partial charge on any atom is 0.251 e. The number of carbonyl (C=O) groups is 2. The second-order valence-corrected chi connectivity index (χ2v) is 7.33. The highest BCUT2D eigenvalue weighted by Gasteiger charge is 2.31. The van der Waals surface area contributed by atoms with Crippen LogP contribution in [-0.2, 0) is 11.3 Å². The quantitative estimate of drug-likeness (QED) is 0.677. The van der Waals surface area contributed by atoms with Gasteiger partial charge in [-0.25, -0.2) is 0 Å². The van der Waals surface area contributed by atoms with Crippen LogP contribution in [0.15, 0.2) is 24.3 Å². The molecule has 2 fully saturated rings. The van der Waals surface area contributed by atoms with E-state index in [1.807, 2.05) is 12.1 Å². The number of aliphatic hydroxyl groups is 1. The minimum absolute atomic E-state index is 0.0721. The molecule has 1 unspecified atom stereocenters. The SMILES string of the molecule is O=C(NC(CCO)C1CC1)c1ccc(CNC(=O)C2CCCC2)cc1. The van der Waals surface area contributed by atoms with Gasteiger partial charge in [0.25, 0.3) is 5.91 Å². The van der Waals surface area contributed by atoms with Crippen molar-refractivity contribution in [3.8, 4) is 0 Å². The molecule has 2 aliphatic carbocycles. The van der Waals surface area contributed by atoms with Gasteiger partial charge < -0.3 is 15.7 Å². The third-order valence-corrected chi connectivity index (χ3v) is 5.36. The lowest BCUT2D eigenvalue weighted by molar-refractivity contribution is -0.124. The second-order valence-electron chi connectivity index (χ2n) is 7.33. The van der Waals surface area contributed by atoms with Crippen LogP contribution >= 0.6 is 0 Å². The van der Waals surface area contributed by atoms with Gasteiger partial charge in [-0.2, -0.15) is 0 Å². The Balaban J connectivity index is 1.49. The monoisotopic (exact) mass is 344 g/mol. The highest BCUT2D eigenvalue weighted by molar-refractivity contribution is 5.94. The highest BCUT2D eigenvalue weighted by Crippen LogP contribution is 2.34. The van der Waals surface area contributed by atoms with Crippen molar-refractivity contribution in [1.82, 2.24) is 10.6 Å². The number of nitrogens with one attached hydrogen (secondary N) is 2. The van der Waals surface area contributed by atoms with Crippen molar-refractivity contribution >= 4 is 11.8 Å². The van der Waals surface area contributed by atoms with Crippen LogP contribution in [0.25, 0.3) is 0 Å². The summed E-state index contributed by atoms with van der Waals surface area (Å²) in [5.41, 5.74) is 1.62. The van der Waals surface area contributed by atoms with E-state index in [0.29, 0.717) is 24.4 Å².